The van der Waals surface area contributed by atoms with Gasteiger partial charge in [-0.05, 0) is 51.8 Å². The smallest absolute Gasteiger partial charge is 0.191 e. The lowest BCUT2D eigenvalue weighted by molar-refractivity contribution is 0.159. The molecule has 0 amide bonds. The lowest BCUT2D eigenvalue weighted by Crippen LogP contribution is -2.41. The second-order valence-corrected chi connectivity index (χ2v) is 5.94. The number of rotatable bonds is 7. The Balaban J connectivity index is 0.00000264. The molecule has 1 aliphatic rings. The van der Waals surface area contributed by atoms with Crippen LogP contribution in [0.4, 0.5) is 0 Å². The Morgan fingerprint density at radius 1 is 1.39 bits per heavy atom. The van der Waals surface area contributed by atoms with Crippen molar-refractivity contribution < 1.29 is 4.42 Å². The Kier molecular flexibility index (Phi) is 10.3. The van der Waals surface area contributed by atoms with Gasteiger partial charge in [0.1, 0.15) is 12.3 Å². The van der Waals surface area contributed by atoms with E-state index in [4.69, 9.17) is 4.42 Å². The third-order valence-electron chi connectivity index (χ3n) is 4.17. The van der Waals surface area contributed by atoms with E-state index in [1.54, 1.807) is 6.26 Å². The van der Waals surface area contributed by atoms with E-state index in [0.717, 1.165) is 37.3 Å². The van der Waals surface area contributed by atoms with E-state index in [9.17, 15) is 0 Å². The summed E-state index contributed by atoms with van der Waals surface area (Å²) in [5.74, 6) is 1.75. The number of aliphatic imine (C=N–C) groups is 1. The van der Waals surface area contributed by atoms with Gasteiger partial charge in [0, 0.05) is 25.7 Å². The number of nitrogens with one attached hydrogen (secondary N) is 2. The van der Waals surface area contributed by atoms with Gasteiger partial charge >= 0.3 is 0 Å². The molecule has 0 aliphatic carbocycles. The van der Waals surface area contributed by atoms with Gasteiger partial charge in [-0.1, -0.05) is 6.42 Å². The molecule has 2 heterocycles. The third-order valence-corrected chi connectivity index (χ3v) is 4.17. The molecule has 0 radical (unpaired) electrons. The maximum Gasteiger partial charge on any atom is 0.191 e. The van der Waals surface area contributed by atoms with Gasteiger partial charge in [0.05, 0.1) is 6.26 Å². The Bertz CT molecular complexity index is 436. The average molecular weight is 434 g/mol. The molecule has 1 saturated heterocycles. The molecule has 2 rings (SSSR count). The van der Waals surface area contributed by atoms with Crippen molar-refractivity contribution >= 4 is 29.9 Å². The maximum atomic E-state index is 5.31. The monoisotopic (exact) mass is 434 g/mol. The van der Waals surface area contributed by atoms with Crippen LogP contribution in [0.2, 0.25) is 0 Å². The fraction of sp³-hybridized carbons (Fsp3) is 0.706. The van der Waals surface area contributed by atoms with Crippen LogP contribution in [0.25, 0.3) is 0 Å². The molecule has 1 aromatic rings. The molecule has 0 spiro atoms. The van der Waals surface area contributed by atoms with Gasteiger partial charge in [0.15, 0.2) is 5.96 Å². The Morgan fingerprint density at radius 2 is 2.26 bits per heavy atom. The predicted octanol–water partition coefficient (Wildman–Crippen LogP) is 3.22. The lowest BCUT2D eigenvalue weighted by atomic mass is 10.0. The molecule has 1 unspecified atom stereocenters. The van der Waals surface area contributed by atoms with E-state index in [0.29, 0.717) is 6.54 Å². The van der Waals surface area contributed by atoms with E-state index in [-0.39, 0.29) is 24.0 Å². The Labute approximate surface area is 157 Å². The van der Waals surface area contributed by atoms with Crippen molar-refractivity contribution in [3.63, 3.8) is 0 Å². The quantitative estimate of drug-likeness (QED) is 0.300. The molecule has 2 N–H and O–H groups in total. The summed E-state index contributed by atoms with van der Waals surface area (Å²) in [5.41, 5.74) is 0. The van der Waals surface area contributed by atoms with Gasteiger partial charge in [-0.2, -0.15) is 0 Å². The fourth-order valence-electron chi connectivity index (χ4n) is 2.88. The summed E-state index contributed by atoms with van der Waals surface area (Å²) in [7, 11) is 0. The van der Waals surface area contributed by atoms with Gasteiger partial charge < -0.3 is 20.0 Å². The zero-order valence-corrected chi connectivity index (χ0v) is 16.7. The summed E-state index contributed by atoms with van der Waals surface area (Å²) in [6.45, 7) is 9.26. The van der Waals surface area contributed by atoms with E-state index in [2.05, 4.69) is 34.4 Å². The highest BCUT2D eigenvalue weighted by molar-refractivity contribution is 14.0. The molecule has 6 heteroatoms. The second kappa shape index (κ2) is 11.7. The average Bonchev–Trinajstić information content (AvgIpc) is 3.04. The minimum absolute atomic E-state index is 0. The summed E-state index contributed by atoms with van der Waals surface area (Å²) in [4.78, 5) is 7.15. The van der Waals surface area contributed by atoms with E-state index >= 15 is 0 Å². The topological polar surface area (TPSA) is 52.8 Å². The van der Waals surface area contributed by atoms with E-state index < -0.39 is 0 Å². The molecule has 1 aliphatic heterocycles. The van der Waals surface area contributed by atoms with Crippen molar-refractivity contribution in [1.29, 1.82) is 0 Å². The number of guanidine groups is 1. The van der Waals surface area contributed by atoms with Crippen molar-refractivity contribution in [2.24, 2.45) is 4.99 Å². The number of halogens is 1. The largest absolute Gasteiger partial charge is 0.467 e. The van der Waals surface area contributed by atoms with Crippen LogP contribution in [-0.2, 0) is 6.54 Å². The van der Waals surface area contributed by atoms with Gasteiger partial charge in [-0.25, -0.2) is 4.99 Å². The first-order valence-corrected chi connectivity index (χ1v) is 8.58. The highest BCUT2D eigenvalue weighted by Gasteiger charge is 2.17. The standard InChI is InChI=1S/C17H30N4O.HI/c1-3-18-17(20-14-16-9-6-13-22-16)19-10-7-12-21-11-5-4-8-15(21)2;/h6,9,13,15H,3-5,7-8,10-12,14H2,1-2H3,(H2,18,19,20);1H. The van der Waals surface area contributed by atoms with Gasteiger partial charge in [-0.15, -0.1) is 24.0 Å². The molecule has 1 fully saturated rings. The van der Waals surface area contributed by atoms with Crippen LogP contribution < -0.4 is 10.6 Å². The zero-order chi connectivity index (χ0) is 15.6. The number of nitrogens with zero attached hydrogens (tertiary/aromatic N) is 2. The minimum Gasteiger partial charge on any atom is -0.467 e. The lowest BCUT2D eigenvalue weighted by Gasteiger charge is -2.33. The summed E-state index contributed by atoms with van der Waals surface area (Å²) >= 11 is 0. The molecule has 1 aromatic heterocycles. The number of likely N-dealkylation sites (tertiary alicyclic amines) is 1. The molecule has 0 bridgehead atoms. The van der Waals surface area contributed by atoms with Crippen molar-refractivity contribution in [2.75, 3.05) is 26.2 Å². The molecular formula is C17H31IN4O. The Hall–Kier alpha value is -0.760. The summed E-state index contributed by atoms with van der Waals surface area (Å²) in [5, 5.41) is 6.68. The molecule has 1 atom stereocenters. The van der Waals surface area contributed by atoms with Crippen molar-refractivity contribution in [3.8, 4) is 0 Å². The number of furan rings is 1. The maximum absolute atomic E-state index is 5.31. The van der Waals surface area contributed by atoms with Crippen LogP contribution in [-0.4, -0.2) is 43.1 Å². The molecule has 0 aromatic carbocycles. The number of piperidine rings is 1. The van der Waals surface area contributed by atoms with Crippen LogP contribution in [0.15, 0.2) is 27.8 Å². The van der Waals surface area contributed by atoms with Crippen molar-refractivity contribution in [2.45, 2.75) is 52.1 Å². The molecule has 0 saturated carbocycles. The highest BCUT2D eigenvalue weighted by atomic mass is 127. The molecular weight excluding hydrogens is 403 g/mol. The molecule has 5 nitrogen and oxygen atoms in total. The molecule has 132 valence electrons. The zero-order valence-electron chi connectivity index (χ0n) is 14.4. The van der Waals surface area contributed by atoms with Gasteiger partial charge in [0.2, 0.25) is 0 Å². The van der Waals surface area contributed by atoms with Gasteiger partial charge in [0.25, 0.3) is 0 Å². The first kappa shape index (κ1) is 20.3. The minimum atomic E-state index is 0. The van der Waals surface area contributed by atoms with Crippen LogP contribution in [0.1, 0.15) is 45.3 Å². The van der Waals surface area contributed by atoms with E-state index in [1.165, 1.54) is 32.4 Å². The van der Waals surface area contributed by atoms with Crippen molar-refractivity contribution in [1.82, 2.24) is 15.5 Å². The van der Waals surface area contributed by atoms with Crippen LogP contribution >= 0.6 is 24.0 Å². The van der Waals surface area contributed by atoms with Crippen LogP contribution in [0, 0.1) is 0 Å². The first-order chi connectivity index (χ1) is 10.8. The number of hydrogen-bond donors (Lipinski definition) is 2. The third kappa shape index (κ3) is 7.56. The fourth-order valence-corrected chi connectivity index (χ4v) is 2.88. The van der Waals surface area contributed by atoms with Gasteiger partial charge in [-0.3, -0.25) is 0 Å². The highest BCUT2D eigenvalue weighted by Crippen LogP contribution is 2.15. The SMILES string of the molecule is CCNC(=NCc1ccco1)NCCCN1CCCCC1C.I. The first-order valence-electron chi connectivity index (χ1n) is 8.58. The van der Waals surface area contributed by atoms with Crippen LogP contribution in [0.3, 0.4) is 0 Å². The summed E-state index contributed by atoms with van der Waals surface area (Å²) < 4.78 is 5.31. The number of hydrogen-bond acceptors (Lipinski definition) is 3. The summed E-state index contributed by atoms with van der Waals surface area (Å²) in [6.07, 6.45) is 6.92. The summed E-state index contributed by atoms with van der Waals surface area (Å²) in [6, 6.07) is 4.59. The van der Waals surface area contributed by atoms with Crippen LogP contribution in [0.5, 0.6) is 0 Å². The predicted molar refractivity (Wildman–Crippen MR) is 106 cm³/mol. The van der Waals surface area contributed by atoms with E-state index in [1.807, 2.05) is 12.1 Å². The Morgan fingerprint density at radius 3 is 2.96 bits per heavy atom. The van der Waals surface area contributed by atoms with Crippen molar-refractivity contribution in [3.05, 3.63) is 24.2 Å². The second-order valence-electron chi connectivity index (χ2n) is 5.94. The molecule has 23 heavy (non-hydrogen) atoms. The normalized spacial score (nSPS) is 19.2.